The number of alkyl halides is 1. The first-order chi connectivity index (χ1) is 21.0. The quantitative estimate of drug-likeness (QED) is 0.220. The molecule has 2 N–H and O–H groups in total. The van der Waals surface area contributed by atoms with E-state index in [1.54, 1.807) is 0 Å². The lowest BCUT2D eigenvalue weighted by Crippen LogP contribution is -2.61. The molecule has 4 aliphatic rings. The smallest absolute Gasteiger partial charge is 0.309 e. The summed E-state index contributed by atoms with van der Waals surface area (Å²) >= 11 is 0. The Morgan fingerprint density at radius 3 is 1.67 bits per heavy atom. The van der Waals surface area contributed by atoms with Crippen molar-refractivity contribution in [3.05, 3.63) is 0 Å². The normalized spacial score (nSPS) is 30.2. The van der Waals surface area contributed by atoms with Crippen molar-refractivity contribution in [2.45, 2.75) is 101 Å². The van der Waals surface area contributed by atoms with Crippen LogP contribution in [0.15, 0.2) is 0 Å². The van der Waals surface area contributed by atoms with Crippen molar-refractivity contribution in [3.63, 3.8) is 0 Å². The lowest BCUT2D eigenvalue weighted by Gasteiger charge is -2.37. The molecule has 4 heterocycles. The summed E-state index contributed by atoms with van der Waals surface area (Å²) in [7, 11) is 0. The molecule has 4 rings (SSSR count). The largest absolute Gasteiger partial charge is 0.465 e. The SMILES string of the molecule is CC(=O)O[C@@H]1NC(=O)[C@H]1C(C)C.CC(C)[C@@H]1C(=O)OC[C@H]1CCF.CC(C)[C@H]1CC(=O)OC1O.CC[C@@H]1COC(=O)[C@H]1C(C)C. The van der Waals surface area contributed by atoms with E-state index in [1.807, 2.05) is 41.5 Å². The molecule has 4 aliphatic heterocycles. The van der Waals surface area contributed by atoms with Crippen molar-refractivity contribution in [2.75, 3.05) is 19.9 Å². The van der Waals surface area contributed by atoms with Gasteiger partial charge >= 0.3 is 23.9 Å². The van der Waals surface area contributed by atoms with Gasteiger partial charge in [-0.15, -0.1) is 0 Å². The third-order valence-corrected chi connectivity index (χ3v) is 8.68. The molecule has 0 aromatic rings. The molecule has 0 aromatic heterocycles. The van der Waals surface area contributed by atoms with Gasteiger partial charge in [0.25, 0.3) is 0 Å². The number of carbonyl (C=O) groups is 5. The molecule has 0 saturated carbocycles. The Hall–Kier alpha value is -2.76. The van der Waals surface area contributed by atoms with Crippen LogP contribution >= 0.6 is 0 Å². The molecule has 0 aliphatic carbocycles. The first-order valence-electron chi connectivity index (χ1n) is 16.2. The minimum atomic E-state index is -0.868. The molecule has 260 valence electrons. The predicted molar refractivity (Wildman–Crippen MR) is 164 cm³/mol. The predicted octanol–water partition coefficient (Wildman–Crippen LogP) is 4.43. The number of amides is 1. The van der Waals surface area contributed by atoms with Gasteiger partial charge in [0.15, 0.2) is 6.23 Å². The van der Waals surface area contributed by atoms with Crippen molar-refractivity contribution in [2.24, 2.45) is 59.2 Å². The van der Waals surface area contributed by atoms with Crippen molar-refractivity contribution >= 4 is 29.8 Å². The van der Waals surface area contributed by atoms with E-state index in [9.17, 15) is 28.4 Å². The summed E-state index contributed by atoms with van der Waals surface area (Å²) in [5.74, 6) is 0.839. The molecule has 4 saturated heterocycles. The van der Waals surface area contributed by atoms with E-state index < -0.39 is 12.5 Å². The van der Waals surface area contributed by atoms with E-state index in [4.69, 9.17) is 19.3 Å². The van der Waals surface area contributed by atoms with Crippen LogP contribution in [0.1, 0.15) is 88.5 Å². The number of nitrogens with one attached hydrogen (secondary N) is 1. The summed E-state index contributed by atoms with van der Waals surface area (Å²) in [6.45, 7) is 20.1. The van der Waals surface area contributed by atoms with Gasteiger partial charge in [-0.25, -0.2) is 0 Å². The van der Waals surface area contributed by atoms with Gasteiger partial charge in [0.05, 0.1) is 44.1 Å². The summed E-state index contributed by atoms with van der Waals surface area (Å²) in [6.07, 6.45) is 0.588. The van der Waals surface area contributed by atoms with Crippen LogP contribution in [0.3, 0.4) is 0 Å². The number of aliphatic hydroxyl groups excluding tert-OH is 1. The Morgan fingerprint density at radius 1 is 0.867 bits per heavy atom. The average Bonchev–Trinajstić information content (AvgIpc) is 3.59. The van der Waals surface area contributed by atoms with Crippen molar-refractivity contribution in [1.29, 1.82) is 0 Å². The zero-order valence-corrected chi connectivity index (χ0v) is 28.7. The van der Waals surface area contributed by atoms with Crippen molar-refractivity contribution in [3.8, 4) is 0 Å². The fourth-order valence-electron chi connectivity index (χ4n) is 6.00. The van der Waals surface area contributed by atoms with Gasteiger partial charge < -0.3 is 29.4 Å². The highest BCUT2D eigenvalue weighted by molar-refractivity contribution is 5.86. The van der Waals surface area contributed by atoms with E-state index in [-0.39, 0.29) is 77.9 Å². The Balaban J connectivity index is 0.000000301. The van der Waals surface area contributed by atoms with Gasteiger partial charge in [-0.2, -0.15) is 0 Å². The second kappa shape index (κ2) is 19.0. The van der Waals surface area contributed by atoms with Gasteiger partial charge in [0.2, 0.25) is 12.2 Å². The second-order valence-corrected chi connectivity index (χ2v) is 13.5. The van der Waals surface area contributed by atoms with Crippen LogP contribution in [0, 0.1) is 59.2 Å². The lowest BCUT2D eigenvalue weighted by atomic mass is 9.84. The van der Waals surface area contributed by atoms with E-state index >= 15 is 0 Å². The van der Waals surface area contributed by atoms with Crippen molar-refractivity contribution in [1.82, 2.24) is 5.32 Å². The van der Waals surface area contributed by atoms with Crippen LogP contribution < -0.4 is 5.32 Å². The molecule has 12 heteroatoms. The molecule has 11 nitrogen and oxygen atoms in total. The van der Waals surface area contributed by atoms with Crippen LogP contribution in [0.25, 0.3) is 0 Å². The topological polar surface area (TPSA) is 155 Å². The van der Waals surface area contributed by atoms with E-state index in [2.05, 4.69) is 30.8 Å². The van der Waals surface area contributed by atoms with Crippen LogP contribution in [0.4, 0.5) is 4.39 Å². The van der Waals surface area contributed by atoms with Gasteiger partial charge in [-0.3, -0.25) is 28.4 Å². The Bertz CT molecular complexity index is 985. The Morgan fingerprint density at radius 2 is 1.36 bits per heavy atom. The van der Waals surface area contributed by atoms with Crippen LogP contribution in [0.2, 0.25) is 0 Å². The number of β-lactam (4-membered cyclic amide) rings is 1. The summed E-state index contributed by atoms with van der Waals surface area (Å²) in [6, 6.07) is 0. The number of cyclic esters (lactones) is 3. The van der Waals surface area contributed by atoms with Crippen LogP contribution in [0.5, 0.6) is 0 Å². The monoisotopic (exact) mass is 645 g/mol. The molecule has 0 bridgehead atoms. The number of aliphatic hydroxyl groups is 1. The molecular formula is C33H56FNO10. The third kappa shape index (κ3) is 12.2. The minimum Gasteiger partial charge on any atom is -0.465 e. The fourth-order valence-corrected chi connectivity index (χ4v) is 6.00. The molecule has 0 aromatic carbocycles. The Labute approximate surface area is 267 Å². The molecular weight excluding hydrogens is 589 g/mol. The zero-order valence-electron chi connectivity index (χ0n) is 28.7. The standard InChI is InChI=1S/C9H15FO2.C9H16O2.C8H13NO3.C7H12O3/c1-6(2)8-7(3-4-10)5-12-9(8)11;1-4-7-5-11-9(10)8(7)6(2)3;1-4(2)6-7(11)9-8(6)12-5(3)10;1-4(2)5-3-6(8)10-7(5)9/h6-8H,3-5H2,1-2H3;6-8H,4-5H2,1-3H3;4,6,8H,1-3H3,(H,9,11);4-5,7,9H,3H2,1-2H3/t2*7-,8+;6-,8+;5-,7?/m1111/s1. The summed E-state index contributed by atoms with van der Waals surface area (Å²) in [4.78, 5) is 54.4. The van der Waals surface area contributed by atoms with Gasteiger partial charge in [0, 0.05) is 24.7 Å². The first-order valence-corrected chi connectivity index (χ1v) is 16.2. The molecule has 1 amide bonds. The van der Waals surface area contributed by atoms with E-state index in [0.29, 0.717) is 43.8 Å². The molecule has 45 heavy (non-hydrogen) atoms. The molecule has 0 radical (unpaired) electrons. The van der Waals surface area contributed by atoms with Gasteiger partial charge in [-0.1, -0.05) is 62.3 Å². The molecule has 4 fully saturated rings. The number of esters is 4. The van der Waals surface area contributed by atoms with E-state index in [1.165, 1.54) is 6.92 Å². The number of rotatable bonds is 8. The number of hydrogen-bond acceptors (Lipinski definition) is 10. The summed E-state index contributed by atoms with van der Waals surface area (Å²) in [5.41, 5.74) is 0. The maximum atomic E-state index is 12.0. The van der Waals surface area contributed by atoms with Crippen LogP contribution in [-0.4, -0.2) is 67.3 Å². The molecule has 8 atom stereocenters. The van der Waals surface area contributed by atoms with E-state index in [0.717, 1.165) is 6.42 Å². The number of hydrogen-bond donors (Lipinski definition) is 2. The highest BCUT2D eigenvalue weighted by Gasteiger charge is 2.43. The number of carbonyl (C=O) groups excluding carboxylic acids is 5. The highest BCUT2D eigenvalue weighted by Crippen LogP contribution is 2.32. The number of ether oxygens (including phenoxy) is 4. The third-order valence-electron chi connectivity index (χ3n) is 8.68. The second-order valence-electron chi connectivity index (χ2n) is 13.5. The fraction of sp³-hybridized carbons (Fsp3) is 0.848. The summed E-state index contributed by atoms with van der Waals surface area (Å²) < 4.78 is 31.3. The first kappa shape index (κ1) is 40.3. The van der Waals surface area contributed by atoms with Gasteiger partial charge in [-0.05, 0) is 36.5 Å². The van der Waals surface area contributed by atoms with Crippen molar-refractivity contribution < 1.29 is 52.4 Å². The zero-order chi connectivity index (χ0) is 34.6. The maximum absolute atomic E-state index is 12.0. The van der Waals surface area contributed by atoms with Crippen LogP contribution in [-0.2, 0) is 42.9 Å². The maximum Gasteiger partial charge on any atom is 0.309 e. The minimum absolute atomic E-state index is 0.00634. The molecule has 1 unspecified atom stereocenters. The highest BCUT2D eigenvalue weighted by atomic mass is 19.1. The molecule has 0 spiro atoms. The van der Waals surface area contributed by atoms with Gasteiger partial charge in [0.1, 0.15) is 0 Å². The average molecular weight is 646 g/mol. The Kier molecular flexibility index (Phi) is 17.0. The number of halogens is 1. The lowest BCUT2D eigenvalue weighted by molar-refractivity contribution is -0.170. The summed E-state index contributed by atoms with van der Waals surface area (Å²) in [5, 5.41) is 11.6.